The van der Waals surface area contributed by atoms with E-state index in [0.29, 0.717) is 17.1 Å². The van der Waals surface area contributed by atoms with E-state index in [0.717, 1.165) is 6.26 Å². The number of sulfonamides is 1. The van der Waals surface area contributed by atoms with Crippen LogP contribution in [0.25, 0.3) is 0 Å². The smallest absolute Gasteiger partial charge is 0.231 e. The average molecular weight is 278 g/mol. The molecule has 0 radical (unpaired) electrons. The summed E-state index contributed by atoms with van der Waals surface area (Å²) in [6.45, 7) is 0. The fraction of sp³-hybridized carbons (Fsp3) is 0.154. The number of hydrogen-bond donors (Lipinski definition) is 0. The molecule has 1 aromatic heterocycles. The summed E-state index contributed by atoms with van der Waals surface area (Å²) >= 11 is 0. The zero-order valence-corrected chi connectivity index (χ0v) is 11.5. The number of benzene rings is 1. The zero-order chi connectivity index (χ0) is 13.9. The van der Waals surface area contributed by atoms with E-state index >= 15 is 0 Å². The van der Waals surface area contributed by atoms with Gasteiger partial charge in [0.1, 0.15) is 5.76 Å². The maximum atomic E-state index is 11.5. The third kappa shape index (κ3) is 3.45. The van der Waals surface area contributed by atoms with Crippen molar-refractivity contribution in [3.8, 4) is 0 Å². The van der Waals surface area contributed by atoms with Crippen molar-refractivity contribution >= 4 is 27.6 Å². The molecule has 0 saturated carbocycles. The third-order valence-electron chi connectivity index (χ3n) is 2.57. The molecule has 0 amide bonds. The zero-order valence-electron chi connectivity index (χ0n) is 10.6. The molecule has 2 rings (SSSR count). The van der Waals surface area contributed by atoms with Crippen molar-refractivity contribution in [2.45, 2.75) is 0 Å². The van der Waals surface area contributed by atoms with Crippen molar-refractivity contribution < 1.29 is 12.8 Å². The summed E-state index contributed by atoms with van der Waals surface area (Å²) < 4.78 is 29.3. The monoisotopic (exact) mass is 278 g/mol. The van der Waals surface area contributed by atoms with Crippen molar-refractivity contribution in [2.24, 2.45) is 4.99 Å². The minimum Gasteiger partial charge on any atom is -0.463 e. The maximum absolute atomic E-state index is 11.5. The van der Waals surface area contributed by atoms with Crippen LogP contribution >= 0.6 is 0 Å². The predicted octanol–water partition coefficient (Wildman–Crippen LogP) is 2.43. The second kappa shape index (κ2) is 5.27. The van der Waals surface area contributed by atoms with Crippen LogP contribution in [0, 0.1) is 0 Å². The minimum absolute atomic E-state index is 0.566. The first-order valence-corrected chi connectivity index (χ1v) is 7.43. The average Bonchev–Trinajstić information content (AvgIpc) is 2.88. The van der Waals surface area contributed by atoms with Crippen LogP contribution in [-0.4, -0.2) is 27.9 Å². The van der Waals surface area contributed by atoms with E-state index in [1.807, 2.05) is 0 Å². The molecule has 0 fully saturated rings. The van der Waals surface area contributed by atoms with Crippen molar-refractivity contribution in [1.82, 2.24) is 0 Å². The summed E-state index contributed by atoms with van der Waals surface area (Å²) in [5.41, 5.74) is 1.22. The van der Waals surface area contributed by atoms with Crippen molar-refractivity contribution in [2.75, 3.05) is 17.6 Å². The van der Waals surface area contributed by atoms with Crippen molar-refractivity contribution in [3.63, 3.8) is 0 Å². The van der Waals surface area contributed by atoms with E-state index in [1.54, 1.807) is 48.9 Å². The lowest BCUT2D eigenvalue weighted by molar-refractivity contribution is 0.560. The number of rotatable bonds is 4. The normalized spacial score (nSPS) is 11.9. The Morgan fingerprint density at radius 1 is 1.26 bits per heavy atom. The van der Waals surface area contributed by atoms with Gasteiger partial charge in [0.25, 0.3) is 0 Å². The second-order valence-corrected chi connectivity index (χ2v) is 6.04. The Bertz CT molecular complexity index is 676. The fourth-order valence-corrected chi connectivity index (χ4v) is 1.96. The van der Waals surface area contributed by atoms with E-state index in [-0.39, 0.29) is 0 Å². The van der Waals surface area contributed by atoms with Gasteiger partial charge in [0, 0.05) is 7.05 Å². The SMILES string of the molecule is CN(c1cccc(N=Cc2ccco2)c1)S(C)(=O)=O. The van der Waals surface area contributed by atoms with Crippen LogP contribution in [0.5, 0.6) is 0 Å². The molecule has 0 aliphatic rings. The molecular weight excluding hydrogens is 264 g/mol. The van der Waals surface area contributed by atoms with Crippen LogP contribution in [-0.2, 0) is 10.0 Å². The van der Waals surface area contributed by atoms with E-state index in [1.165, 1.54) is 11.4 Å². The van der Waals surface area contributed by atoms with Crippen LogP contribution < -0.4 is 4.31 Å². The van der Waals surface area contributed by atoms with Gasteiger partial charge in [0.15, 0.2) is 0 Å². The Labute approximate surface area is 112 Å². The summed E-state index contributed by atoms with van der Waals surface area (Å²) in [7, 11) is -1.76. The Balaban J connectivity index is 2.25. The largest absolute Gasteiger partial charge is 0.463 e. The molecule has 19 heavy (non-hydrogen) atoms. The van der Waals surface area contributed by atoms with Crippen LogP contribution in [0.15, 0.2) is 52.1 Å². The maximum Gasteiger partial charge on any atom is 0.231 e. The second-order valence-electron chi connectivity index (χ2n) is 4.02. The first kappa shape index (κ1) is 13.4. The highest BCUT2D eigenvalue weighted by Gasteiger charge is 2.11. The Morgan fingerprint density at radius 2 is 2.05 bits per heavy atom. The molecule has 0 bridgehead atoms. The molecule has 1 heterocycles. The van der Waals surface area contributed by atoms with E-state index in [9.17, 15) is 8.42 Å². The molecule has 5 nitrogen and oxygen atoms in total. The molecule has 100 valence electrons. The predicted molar refractivity (Wildman–Crippen MR) is 75.7 cm³/mol. The highest BCUT2D eigenvalue weighted by atomic mass is 32.2. The number of hydrogen-bond acceptors (Lipinski definition) is 4. The topological polar surface area (TPSA) is 62.9 Å². The van der Waals surface area contributed by atoms with Gasteiger partial charge in [-0.3, -0.25) is 9.30 Å². The van der Waals surface area contributed by atoms with Gasteiger partial charge in [-0.05, 0) is 30.3 Å². The molecule has 2 aromatic rings. The summed E-state index contributed by atoms with van der Waals surface area (Å²) in [6.07, 6.45) is 4.31. The summed E-state index contributed by atoms with van der Waals surface area (Å²) in [5, 5.41) is 0. The molecule has 1 aromatic carbocycles. The van der Waals surface area contributed by atoms with E-state index in [4.69, 9.17) is 4.42 Å². The Hall–Kier alpha value is -2.08. The lowest BCUT2D eigenvalue weighted by Crippen LogP contribution is -2.24. The molecule has 0 unspecified atom stereocenters. The van der Waals surface area contributed by atoms with Gasteiger partial charge >= 0.3 is 0 Å². The standard InChI is InChI=1S/C13H14N2O3S/c1-15(19(2,16)17)12-6-3-5-11(9-12)14-10-13-7-4-8-18-13/h3-10H,1-2H3. The van der Waals surface area contributed by atoms with Gasteiger partial charge in [0.05, 0.1) is 30.1 Å². The number of anilines is 1. The molecule has 0 atom stereocenters. The summed E-state index contributed by atoms with van der Waals surface area (Å²) in [5.74, 6) is 0.641. The van der Waals surface area contributed by atoms with Crippen LogP contribution in [0.2, 0.25) is 0 Å². The number of nitrogens with zero attached hydrogens (tertiary/aromatic N) is 2. The van der Waals surface area contributed by atoms with Gasteiger partial charge in [-0.15, -0.1) is 0 Å². The van der Waals surface area contributed by atoms with Crippen molar-refractivity contribution in [1.29, 1.82) is 0 Å². The molecule has 0 aliphatic heterocycles. The van der Waals surface area contributed by atoms with Gasteiger partial charge in [-0.25, -0.2) is 8.42 Å². The molecule has 0 spiro atoms. The first-order valence-electron chi connectivity index (χ1n) is 5.58. The van der Waals surface area contributed by atoms with Gasteiger partial charge in [0.2, 0.25) is 10.0 Å². The summed E-state index contributed by atoms with van der Waals surface area (Å²) in [6, 6.07) is 10.5. The van der Waals surface area contributed by atoms with Crippen LogP contribution in [0.4, 0.5) is 11.4 Å². The van der Waals surface area contributed by atoms with Gasteiger partial charge in [-0.1, -0.05) is 6.07 Å². The van der Waals surface area contributed by atoms with E-state index < -0.39 is 10.0 Å². The Morgan fingerprint density at radius 3 is 2.68 bits per heavy atom. The van der Waals surface area contributed by atoms with Crippen molar-refractivity contribution in [3.05, 3.63) is 48.4 Å². The third-order valence-corrected chi connectivity index (χ3v) is 3.78. The Kier molecular flexibility index (Phi) is 3.71. The fourth-order valence-electron chi connectivity index (χ4n) is 1.46. The first-order chi connectivity index (χ1) is 8.97. The van der Waals surface area contributed by atoms with Crippen LogP contribution in [0.1, 0.15) is 5.76 Å². The molecule has 0 N–H and O–H groups in total. The quantitative estimate of drug-likeness (QED) is 0.807. The van der Waals surface area contributed by atoms with Crippen LogP contribution in [0.3, 0.4) is 0 Å². The highest BCUT2D eigenvalue weighted by Crippen LogP contribution is 2.22. The van der Waals surface area contributed by atoms with Gasteiger partial charge < -0.3 is 4.42 Å². The lowest BCUT2D eigenvalue weighted by Gasteiger charge is -2.16. The minimum atomic E-state index is -3.27. The molecule has 0 saturated heterocycles. The number of furan rings is 1. The van der Waals surface area contributed by atoms with Gasteiger partial charge in [-0.2, -0.15) is 0 Å². The highest BCUT2D eigenvalue weighted by molar-refractivity contribution is 7.92. The lowest BCUT2D eigenvalue weighted by atomic mass is 10.3. The molecular formula is C13H14N2O3S. The number of aliphatic imine (C=N–C) groups is 1. The van der Waals surface area contributed by atoms with E-state index in [2.05, 4.69) is 4.99 Å². The summed E-state index contributed by atoms with van der Waals surface area (Å²) in [4.78, 5) is 4.23. The molecule has 6 heteroatoms. The molecule has 0 aliphatic carbocycles.